The Labute approximate surface area is 136 Å². The summed E-state index contributed by atoms with van der Waals surface area (Å²) in [4.78, 5) is 18.8. The SMILES string of the molecule is Cc1ccc(CC2CCCN(C(=O)Cc3ccsc3)C2)cn1. The first-order chi connectivity index (χ1) is 10.7. The van der Waals surface area contributed by atoms with Gasteiger partial charge in [0.25, 0.3) is 0 Å². The summed E-state index contributed by atoms with van der Waals surface area (Å²) in [5.74, 6) is 0.829. The van der Waals surface area contributed by atoms with Gasteiger partial charge in [-0.3, -0.25) is 9.78 Å². The van der Waals surface area contributed by atoms with Gasteiger partial charge in [0.2, 0.25) is 5.91 Å². The molecule has 0 aromatic carbocycles. The van der Waals surface area contributed by atoms with Gasteiger partial charge < -0.3 is 4.90 Å². The minimum Gasteiger partial charge on any atom is -0.342 e. The molecule has 1 unspecified atom stereocenters. The lowest BCUT2D eigenvalue weighted by Gasteiger charge is -2.33. The second kappa shape index (κ2) is 7.05. The summed E-state index contributed by atoms with van der Waals surface area (Å²) in [6, 6.07) is 6.27. The number of nitrogens with zero attached hydrogens (tertiary/aromatic N) is 2. The van der Waals surface area contributed by atoms with Gasteiger partial charge in [-0.15, -0.1) is 0 Å². The zero-order valence-electron chi connectivity index (χ0n) is 13.0. The number of aryl methyl sites for hydroxylation is 1. The van der Waals surface area contributed by atoms with Gasteiger partial charge in [0, 0.05) is 25.0 Å². The van der Waals surface area contributed by atoms with Crippen molar-refractivity contribution in [1.29, 1.82) is 0 Å². The highest BCUT2D eigenvalue weighted by molar-refractivity contribution is 7.07. The lowest BCUT2D eigenvalue weighted by atomic mass is 9.91. The number of piperidine rings is 1. The molecule has 0 radical (unpaired) electrons. The molecule has 1 atom stereocenters. The van der Waals surface area contributed by atoms with E-state index in [-0.39, 0.29) is 5.91 Å². The predicted molar refractivity (Wildman–Crippen MR) is 90.0 cm³/mol. The predicted octanol–water partition coefficient (Wildman–Crippen LogP) is 3.48. The van der Waals surface area contributed by atoms with E-state index in [9.17, 15) is 4.79 Å². The first kappa shape index (κ1) is 15.2. The average molecular weight is 314 g/mol. The second-order valence-corrected chi connectivity index (χ2v) is 6.95. The highest BCUT2D eigenvalue weighted by Crippen LogP contribution is 2.21. The summed E-state index contributed by atoms with van der Waals surface area (Å²) in [5.41, 5.74) is 3.47. The number of thiophene rings is 1. The van der Waals surface area contributed by atoms with Gasteiger partial charge in [0.15, 0.2) is 0 Å². The molecule has 3 nitrogen and oxygen atoms in total. The van der Waals surface area contributed by atoms with E-state index in [0.717, 1.165) is 37.2 Å². The van der Waals surface area contributed by atoms with Crippen LogP contribution in [0.15, 0.2) is 35.2 Å². The van der Waals surface area contributed by atoms with Crippen LogP contribution in [-0.2, 0) is 17.6 Å². The van der Waals surface area contributed by atoms with Crippen LogP contribution in [0.3, 0.4) is 0 Å². The van der Waals surface area contributed by atoms with E-state index in [0.29, 0.717) is 12.3 Å². The van der Waals surface area contributed by atoms with Gasteiger partial charge in [0.1, 0.15) is 0 Å². The maximum Gasteiger partial charge on any atom is 0.227 e. The molecule has 0 spiro atoms. The minimum absolute atomic E-state index is 0.269. The smallest absolute Gasteiger partial charge is 0.227 e. The van der Waals surface area contributed by atoms with E-state index in [2.05, 4.69) is 22.5 Å². The van der Waals surface area contributed by atoms with Crippen molar-refractivity contribution in [2.45, 2.75) is 32.6 Å². The number of hydrogen-bond acceptors (Lipinski definition) is 3. The molecule has 3 heterocycles. The summed E-state index contributed by atoms with van der Waals surface area (Å²) in [6.07, 6.45) is 5.86. The molecule has 4 heteroatoms. The lowest BCUT2D eigenvalue weighted by Crippen LogP contribution is -2.41. The molecule has 2 aromatic heterocycles. The first-order valence-corrected chi connectivity index (χ1v) is 8.85. The lowest BCUT2D eigenvalue weighted by molar-refractivity contribution is -0.132. The van der Waals surface area contributed by atoms with Gasteiger partial charge in [-0.2, -0.15) is 11.3 Å². The number of amides is 1. The van der Waals surface area contributed by atoms with E-state index in [1.54, 1.807) is 11.3 Å². The highest BCUT2D eigenvalue weighted by Gasteiger charge is 2.23. The fourth-order valence-electron chi connectivity index (χ4n) is 3.09. The summed E-state index contributed by atoms with van der Waals surface area (Å²) in [7, 11) is 0. The van der Waals surface area contributed by atoms with E-state index < -0.39 is 0 Å². The number of likely N-dealkylation sites (tertiary alicyclic amines) is 1. The van der Waals surface area contributed by atoms with Gasteiger partial charge in [-0.05, 0) is 66.1 Å². The van der Waals surface area contributed by atoms with Crippen molar-refractivity contribution in [2.75, 3.05) is 13.1 Å². The molecular weight excluding hydrogens is 292 g/mol. The van der Waals surface area contributed by atoms with Gasteiger partial charge in [-0.1, -0.05) is 6.07 Å². The van der Waals surface area contributed by atoms with Crippen LogP contribution in [0.4, 0.5) is 0 Å². The molecule has 116 valence electrons. The van der Waals surface area contributed by atoms with E-state index in [1.807, 2.05) is 29.5 Å². The van der Waals surface area contributed by atoms with Gasteiger partial charge in [0.05, 0.1) is 6.42 Å². The number of pyridine rings is 1. The molecule has 3 rings (SSSR count). The number of carbonyl (C=O) groups excluding carboxylic acids is 1. The van der Waals surface area contributed by atoms with Crippen molar-refractivity contribution in [3.05, 3.63) is 52.0 Å². The van der Waals surface area contributed by atoms with Crippen LogP contribution in [0.25, 0.3) is 0 Å². The Morgan fingerprint density at radius 2 is 2.27 bits per heavy atom. The third kappa shape index (κ3) is 3.95. The molecule has 1 saturated heterocycles. The molecular formula is C18H22N2OS. The van der Waals surface area contributed by atoms with Crippen molar-refractivity contribution >= 4 is 17.2 Å². The Balaban J connectivity index is 1.56. The van der Waals surface area contributed by atoms with Crippen LogP contribution < -0.4 is 0 Å². The molecule has 0 N–H and O–H groups in total. The molecule has 0 bridgehead atoms. The monoisotopic (exact) mass is 314 g/mol. The molecule has 1 fully saturated rings. The largest absolute Gasteiger partial charge is 0.342 e. The van der Waals surface area contributed by atoms with Gasteiger partial charge in [-0.25, -0.2) is 0 Å². The summed E-state index contributed by atoms with van der Waals surface area (Å²) < 4.78 is 0. The van der Waals surface area contributed by atoms with Crippen molar-refractivity contribution in [2.24, 2.45) is 5.92 Å². The molecule has 2 aromatic rings. The standard InChI is InChI=1S/C18H22N2OS/c1-14-4-5-15(11-19-14)9-16-3-2-7-20(12-16)18(21)10-17-6-8-22-13-17/h4-6,8,11,13,16H,2-3,7,9-10,12H2,1H3. The van der Waals surface area contributed by atoms with Crippen LogP contribution >= 0.6 is 11.3 Å². The average Bonchev–Trinajstić information content (AvgIpc) is 3.03. The number of aromatic nitrogens is 1. The quantitative estimate of drug-likeness (QED) is 0.865. The van der Waals surface area contributed by atoms with E-state index >= 15 is 0 Å². The first-order valence-electron chi connectivity index (χ1n) is 7.91. The Morgan fingerprint density at radius 3 is 3.00 bits per heavy atom. The van der Waals surface area contributed by atoms with Crippen LogP contribution in [0, 0.1) is 12.8 Å². The van der Waals surface area contributed by atoms with Crippen molar-refractivity contribution < 1.29 is 4.79 Å². The maximum atomic E-state index is 12.4. The van der Waals surface area contributed by atoms with Crippen molar-refractivity contribution in [1.82, 2.24) is 9.88 Å². The van der Waals surface area contributed by atoms with Crippen molar-refractivity contribution in [3.8, 4) is 0 Å². The zero-order chi connectivity index (χ0) is 15.4. The molecule has 1 aliphatic heterocycles. The highest BCUT2D eigenvalue weighted by atomic mass is 32.1. The fraction of sp³-hybridized carbons (Fsp3) is 0.444. The van der Waals surface area contributed by atoms with Crippen molar-refractivity contribution in [3.63, 3.8) is 0 Å². The fourth-order valence-corrected chi connectivity index (χ4v) is 3.76. The molecule has 1 amide bonds. The topological polar surface area (TPSA) is 33.2 Å². The molecule has 22 heavy (non-hydrogen) atoms. The normalized spacial score (nSPS) is 18.4. The second-order valence-electron chi connectivity index (χ2n) is 6.17. The van der Waals surface area contributed by atoms with Gasteiger partial charge >= 0.3 is 0 Å². The number of carbonyl (C=O) groups is 1. The summed E-state index contributed by atoms with van der Waals surface area (Å²) in [6.45, 7) is 3.80. The van der Waals surface area contributed by atoms with Crippen LogP contribution in [-0.4, -0.2) is 28.9 Å². The zero-order valence-corrected chi connectivity index (χ0v) is 13.8. The molecule has 1 aliphatic rings. The molecule has 0 saturated carbocycles. The third-order valence-corrected chi connectivity index (χ3v) is 5.04. The summed E-state index contributed by atoms with van der Waals surface area (Å²) in [5, 5.41) is 4.10. The van der Waals surface area contributed by atoms with E-state index in [4.69, 9.17) is 0 Å². The van der Waals surface area contributed by atoms with Crippen LogP contribution in [0.1, 0.15) is 29.7 Å². The van der Waals surface area contributed by atoms with Crippen LogP contribution in [0.5, 0.6) is 0 Å². The van der Waals surface area contributed by atoms with Crippen LogP contribution in [0.2, 0.25) is 0 Å². The third-order valence-electron chi connectivity index (χ3n) is 4.30. The maximum absolute atomic E-state index is 12.4. The Bertz CT molecular complexity index is 607. The Hall–Kier alpha value is -1.68. The summed E-state index contributed by atoms with van der Waals surface area (Å²) >= 11 is 1.65. The minimum atomic E-state index is 0.269. The Morgan fingerprint density at radius 1 is 1.36 bits per heavy atom. The number of rotatable bonds is 4. The number of hydrogen-bond donors (Lipinski definition) is 0. The Kier molecular flexibility index (Phi) is 4.88. The molecule has 0 aliphatic carbocycles. The van der Waals surface area contributed by atoms with E-state index in [1.165, 1.54) is 12.0 Å².